The standard InChI is InChI=1S/C16H20N2O6/c1-23-14-8-7-11(9-13(14)18(21)22)16(20)24-10-15(19)17-12-5-3-2-4-6-12/h7-9,12H,2-6,10H2,1H3,(H,17,19). The van der Waals surface area contributed by atoms with Gasteiger partial charge in [0.1, 0.15) is 0 Å². The number of amides is 1. The first-order chi connectivity index (χ1) is 11.5. The number of esters is 1. The fourth-order valence-corrected chi connectivity index (χ4v) is 2.69. The number of carbonyl (C=O) groups excluding carboxylic acids is 2. The Balaban J connectivity index is 1.91. The van der Waals surface area contributed by atoms with E-state index in [4.69, 9.17) is 9.47 Å². The highest BCUT2D eigenvalue weighted by Gasteiger charge is 2.20. The lowest BCUT2D eigenvalue weighted by molar-refractivity contribution is -0.385. The average Bonchev–Trinajstić information content (AvgIpc) is 2.59. The Hall–Kier alpha value is -2.64. The molecule has 0 heterocycles. The van der Waals surface area contributed by atoms with Gasteiger partial charge in [0.15, 0.2) is 12.4 Å². The zero-order valence-corrected chi connectivity index (χ0v) is 13.4. The van der Waals surface area contributed by atoms with Gasteiger partial charge in [-0.05, 0) is 25.0 Å². The molecule has 24 heavy (non-hydrogen) atoms. The van der Waals surface area contributed by atoms with Crippen LogP contribution in [0.2, 0.25) is 0 Å². The zero-order chi connectivity index (χ0) is 17.5. The molecule has 1 aliphatic carbocycles. The van der Waals surface area contributed by atoms with Crippen molar-refractivity contribution in [3.05, 3.63) is 33.9 Å². The number of nitro groups is 1. The Labute approximate surface area is 139 Å². The Morgan fingerprint density at radius 3 is 2.62 bits per heavy atom. The minimum atomic E-state index is -0.792. The van der Waals surface area contributed by atoms with Gasteiger partial charge in [0, 0.05) is 12.1 Å². The number of nitro benzene ring substituents is 1. The summed E-state index contributed by atoms with van der Waals surface area (Å²) < 4.78 is 9.79. The van der Waals surface area contributed by atoms with Crippen LogP contribution < -0.4 is 10.1 Å². The highest BCUT2D eigenvalue weighted by atomic mass is 16.6. The first-order valence-electron chi connectivity index (χ1n) is 7.80. The molecule has 1 fully saturated rings. The van der Waals surface area contributed by atoms with Crippen LogP contribution in [0.15, 0.2) is 18.2 Å². The van der Waals surface area contributed by atoms with E-state index >= 15 is 0 Å². The lowest BCUT2D eigenvalue weighted by Gasteiger charge is -2.22. The summed E-state index contributed by atoms with van der Waals surface area (Å²) in [6, 6.07) is 3.87. The topological polar surface area (TPSA) is 108 Å². The SMILES string of the molecule is COc1ccc(C(=O)OCC(=O)NC2CCCCC2)cc1[N+](=O)[O-]. The first kappa shape index (κ1) is 17.7. The quantitative estimate of drug-likeness (QED) is 0.485. The highest BCUT2D eigenvalue weighted by molar-refractivity contribution is 5.92. The summed E-state index contributed by atoms with van der Waals surface area (Å²) in [4.78, 5) is 34.1. The number of benzene rings is 1. The third-order valence-corrected chi connectivity index (χ3v) is 3.92. The molecule has 1 aromatic rings. The Bertz CT molecular complexity index is 625. The zero-order valence-electron chi connectivity index (χ0n) is 13.4. The van der Waals surface area contributed by atoms with Crippen LogP contribution in [-0.2, 0) is 9.53 Å². The van der Waals surface area contributed by atoms with Crippen molar-refractivity contribution in [2.75, 3.05) is 13.7 Å². The van der Waals surface area contributed by atoms with Crippen molar-refractivity contribution in [2.45, 2.75) is 38.1 Å². The second kappa shape index (κ2) is 8.28. The molecule has 8 heteroatoms. The van der Waals surface area contributed by atoms with Crippen LogP contribution in [0.25, 0.3) is 0 Å². The van der Waals surface area contributed by atoms with Gasteiger partial charge in [-0.2, -0.15) is 0 Å². The summed E-state index contributed by atoms with van der Waals surface area (Å²) >= 11 is 0. The van der Waals surface area contributed by atoms with Gasteiger partial charge in [-0.3, -0.25) is 14.9 Å². The average molecular weight is 336 g/mol. The van der Waals surface area contributed by atoms with E-state index in [1.807, 2.05) is 0 Å². The monoisotopic (exact) mass is 336 g/mol. The summed E-state index contributed by atoms with van der Waals surface area (Å²) in [5, 5.41) is 13.8. The maximum atomic E-state index is 12.0. The minimum absolute atomic E-state index is 0.00651. The molecule has 0 atom stereocenters. The summed E-state index contributed by atoms with van der Waals surface area (Å²) in [6.07, 6.45) is 5.22. The van der Waals surface area contributed by atoms with Crippen LogP contribution in [-0.4, -0.2) is 36.6 Å². The van der Waals surface area contributed by atoms with Crippen molar-refractivity contribution in [1.29, 1.82) is 0 Å². The number of methoxy groups -OCH3 is 1. The molecule has 1 saturated carbocycles. The third kappa shape index (κ3) is 4.68. The van der Waals surface area contributed by atoms with Crippen molar-refractivity contribution in [3.63, 3.8) is 0 Å². The summed E-state index contributed by atoms with van der Waals surface area (Å²) in [7, 11) is 1.30. The van der Waals surface area contributed by atoms with Crippen LogP contribution in [0.5, 0.6) is 5.75 Å². The van der Waals surface area contributed by atoms with E-state index in [0.717, 1.165) is 31.7 Å². The smallest absolute Gasteiger partial charge is 0.338 e. The van der Waals surface area contributed by atoms with Gasteiger partial charge in [0.05, 0.1) is 17.6 Å². The number of carbonyl (C=O) groups is 2. The Morgan fingerprint density at radius 2 is 2.00 bits per heavy atom. The summed E-state index contributed by atoms with van der Waals surface area (Å²) in [6.45, 7) is -0.408. The van der Waals surface area contributed by atoms with Gasteiger partial charge >= 0.3 is 11.7 Å². The number of hydrogen-bond acceptors (Lipinski definition) is 6. The maximum Gasteiger partial charge on any atom is 0.338 e. The Kier molecular flexibility index (Phi) is 6.11. The van der Waals surface area contributed by atoms with E-state index in [1.165, 1.54) is 25.7 Å². The lowest BCUT2D eigenvalue weighted by atomic mass is 9.95. The fraction of sp³-hybridized carbons (Fsp3) is 0.500. The third-order valence-electron chi connectivity index (χ3n) is 3.92. The van der Waals surface area contributed by atoms with Crippen molar-refractivity contribution < 1.29 is 24.0 Å². The van der Waals surface area contributed by atoms with Gasteiger partial charge in [-0.25, -0.2) is 4.79 Å². The molecular weight excluding hydrogens is 316 g/mol. The summed E-state index contributed by atoms with van der Waals surface area (Å²) in [5.74, 6) is -1.11. The van der Waals surface area contributed by atoms with Crippen LogP contribution in [0.4, 0.5) is 5.69 Å². The molecule has 0 saturated heterocycles. The molecular formula is C16H20N2O6. The number of ether oxygens (including phenoxy) is 2. The molecule has 1 aliphatic rings. The van der Waals surface area contributed by atoms with E-state index in [1.54, 1.807) is 0 Å². The summed E-state index contributed by atoms with van der Waals surface area (Å²) in [5.41, 5.74) is -0.341. The van der Waals surface area contributed by atoms with Crippen LogP contribution in [0, 0.1) is 10.1 Å². The first-order valence-corrected chi connectivity index (χ1v) is 7.80. The van der Waals surface area contributed by atoms with E-state index in [0.29, 0.717) is 0 Å². The number of nitrogens with one attached hydrogen (secondary N) is 1. The molecule has 2 rings (SSSR count). The predicted octanol–water partition coefficient (Wildman–Crippen LogP) is 2.21. The molecule has 0 spiro atoms. The highest BCUT2D eigenvalue weighted by Crippen LogP contribution is 2.27. The molecule has 1 amide bonds. The van der Waals surface area contributed by atoms with Crippen molar-refractivity contribution in [1.82, 2.24) is 5.32 Å². The van der Waals surface area contributed by atoms with E-state index in [-0.39, 0.29) is 28.9 Å². The largest absolute Gasteiger partial charge is 0.490 e. The Morgan fingerprint density at radius 1 is 1.29 bits per heavy atom. The van der Waals surface area contributed by atoms with E-state index < -0.39 is 17.5 Å². The fourth-order valence-electron chi connectivity index (χ4n) is 2.69. The van der Waals surface area contributed by atoms with Gasteiger partial charge in [-0.1, -0.05) is 19.3 Å². The van der Waals surface area contributed by atoms with Crippen LogP contribution >= 0.6 is 0 Å². The van der Waals surface area contributed by atoms with Crippen molar-refractivity contribution in [2.24, 2.45) is 0 Å². The van der Waals surface area contributed by atoms with E-state index in [2.05, 4.69) is 5.32 Å². The second-order valence-corrected chi connectivity index (χ2v) is 5.62. The number of hydrogen-bond donors (Lipinski definition) is 1. The van der Waals surface area contributed by atoms with Gasteiger partial charge in [0.2, 0.25) is 0 Å². The van der Waals surface area contributed by atoms with Crippen LogP contribution in [0.1, 0.15) is 42.5 Å². The molecule has 1 N–H and O–H groups in total. The molecule has 0 aliphatic heterocycles. The predicted molar refractivity (Wildman–Crippen MR) is 84.9 cm³/mol. The van der Waals surface area contributed by atoms with Crippen molar-refractivity contribution in [3.8, 4) is 5.75 Å². The second-order valence-electron chi connectivity index (χ2n) is 5.62. The maximum absolute atomic E-state index is 12.0. The molecule has 0 radical (unpaired) electrons. The molecule has 130 valence electrons. The lowest BCUT2D eigenvalue weighted by Crippen LogP contribution is -2.38. The molecule has 0 bridgehead atoms. The normalized spacial score (nSPS) is 14.7. The van der Waals surface area contributed by atoms with E-state index in [9.17, 15) is 19.7 Å². The number of rotatable bonds is 6. The van der Waals surface area contributed by atoms with Gasteiger partial charge < -0.3 is 14.8 Å². The van der Waals surface area contributed by atoms with Gasteiger partial charge in [-0.15, -0.1) is 0 Å². The molecule has 1 aromatic carbocycles. The number of nitrogens with zero attached hydrogens (tertiary/aromatic N) is 1. The molecule has 0 aromatic heterocycles. The van der Waals surface area contributed by atoms with Gasteiger partial charge in [0.25, 0.3) is 5.91 Å². The van der Waals surface area contributed by atoms with Crippen molar-refractivity contribution >= 4 is 17.6 Å². The van der Waals surface area contributed by atoms with Crippen LogP contribution in [0.3, 0.4) is 0 Å². The molecule has 0 unspecified atom stereocenters. The minimum Gasteiger partial charge on any atom is -0.490 e. The molecule has 8 nitrogen and oxygen atoms in total.